The van der Waals surface area contributed by atoms with Crippen LogP contribution in [0.1, 0.15) is 33.6 Å². The second kappa shape index (κ2) is 5.87. The highest BCUT2D eigenvalue weighted by Crippen LogP contribution is 2.31. The second-order valence-corrected chi connectivity index (χ2v) is 5.09. The van der Waals surface area contributed by atoms with Crippen LogP contribution in [0.25, 0.3) is 0 Å². The van der Waals surface area contributed by atoms with Gasteiger partial charge in [-0.05, 0) is 42.7 Å². The third-order valence-electron chi connectivity index (χ3n) is 2.96. The van der Waals surface area contributed by atoms with E-state index in [1.54, 1.807) is 0 Å². The molecule has 0 aliphatic heterocycles. The van der Waals surface area contributed by atoms with E-state index in [1.807, 2.05) is 11.8 Å². The van der Waals surface area contributed by atoms with Gasteiger partial charge in [-0.3, -0.25) is 0 Å². The number of nitrogens with two attached hydrogens (primary N) is 1. The SMILES string of the molecule is CSCCCC(C)(CN)C(C)C. The Bertz CT molecular complexity index is 114. The Morgan fingerprint density at radius 1 is 1.42 bits per heavy atom. The van der Waals surface area contributed by atoms with Crippen LogP contribution in [0.3, 0.4) is 0 Å². The molecule has 1 nitrogen and oxygen atoms in total. The van der Waals surface area contributed by atoms with E-state index in [2.05, 4.69) is 27.0 Å². The van der Waals surface area contributed by atoms with Crippen molar-refractivity contribution in [1.29, 1.82) is 0 Å². The molecule has 0 rings (SSSR count). The number of hydrogen-bond acceptors (Lipinski definition) is 2. The van der Waals surface area contributed by atoms with Gasteiger partial charge >= 0.3 is 0 Å². The van der Waals surface area contributed by atoms with E-state index < -0.39 is 0 Å². The second-order valence-electron chi connectivity index (χ2n) is 4.11. The van der Waals surface area contributed by atoms with E-state index in [0.29, 0.717) is 11.3 Å². The maximum Gasteiger partial charge on any atom is -0.00207 e. The minimum atomic E-state index is 0.357. The Hall–Kier alpha value is 0.310. The molecule has 0 aliphatic carbocycles. The smallest absolute Gasteiger partial charge is 0.00207 e. The van der Waals surface area contributed by atoms with Gasteiger partial charge in [-0.2, -0.15) is 11.8 Å². The average molecular weight is 189 g/mol. The number of hydrogen-bond donors (Lipinski definition) is 1. The van der Waals surface area contributed by atoms with Crippen molar-refractivity contribution in [2.45, 2.75) is 33.6 Å². The number of thioether (sulfide) groups is 1. The molecule has 0 saturated carbocycles. The summed E-state index contributed by atoms with van der Waals surface area (Å²) >= 11 is 1.92. The molecule has 0 aromatic carbocycles. The minimum absolute atomic E-state index is 0.357. The summed E-state index contributed by atoms with van der Waals surface area (Å²) in [7, 11) is 0. The van der Waals surface area contributed by atoms with Crippen LogP contribution in [-0.2, 0) is 0 Å². The highest BCUT2D eigenvalue weighted by atomic mass is 32.2. The molecule has 0 heterocycles. The van der Waals surface area contributed by atoms with E-state index in [9.17, 15) is 0 Å². The van der Waals surface area contributed by atoms with Crippen LogP contribution in [0.2, 0.25) is 0 Å². The Balaban J connectivity index is 3.80. The molecular weight excluding hydrogens is 166 g/mol. The quantitative estimate of drug-likeness (QED) is 0.650. The molecule has 0 aliphatic rings. The first kappa shape index (κ1) is 12.3. The summed E-state index contributed by atoms with van der Waals surface area (Å²) in [5.41, 5.74) is 6.14. The van der Waals surface area contributed by atoms with Gasteiger partial charge in [-0.1, -0.05) is 20.8 Å². The zero-order valence-corrected chi connectivity index (χ0v) is 9.71. The summed E-state index contributed by atoms with van der Waals surface area (Å²) in [6.07, 6.45) is 4.73. The van der Waals surface area contributed by atoms with Gasteiger partial charge < -0.3 is 5.73 Å². The van der Waals surface area contributed by atoms with Crippen LogP contribution in [-0.4, -0.2) is 18.6 Å². The third-order valence-corrected chi connectivity index (χ3v) is 3.65. The van der Waals surface area contributed by atoms with Gasteiger partial charge in [0.05, 0.1) is 0 Å². The lowest BCUT2D eigenvalue weighted by atomic mass is 9.76. The number of rotatable bonds is 6. The van der Waals surface area contributed by atoms with Crippen LogP contribution in [0.5, 0.6) is 0 Å². The van der Waals surface area contributed by atoms with Gasteiger partial charge in [0.15, 0.2) is 0 Å². The molecular formula is C10H23NS. The molecule has 0 aromatic heterocycles. The summed E-state index contributed by atoms with van der Waals surface area (Å²) in [4.78, 5) is 0. The lowest BCUT2D eigenvalue weighted by Gasteiger charge is -2.32. The fourth-order valence-corrected chi connectivity index (χ4v) is 1.68. The summed E-state index contributed by atoms with van der Waals surface area (Å²) in [5, 5.41) is 0. The molecule has 1 unspecified atom stereocenters. The third kappa shape index (κ3) is 3.81. The Labute approximate surface area is 81.5 Å². The minimum Gasteiger partial charge on any atom is -0.330 e. The van der Waals surface area contributed by atoms with Gasteiger partial charge in [-0.25, -0.2) is 0 Å². The zero-order valence-electron chi connectivity index (χ0n) is 8.89. The predicted octanol–water partition coefficient (Wildman–Crippen LogP) is 2.75. The maximum atomic E-state index is 5.78. The lowest BCUT2D eigenvalue weighted by Crippen LogP contribution is -2.32. The molecule has 0 amide bonds. The molecule has 0 bridgehead atoms. The van der Waals surface area contributed by atoms with Crippen molar-refractivity contribution in [1.82, 2.24) is 0 Å². The van der Waals surface area contributed by atoms with Crippen LogP contribution in [0, 0.1) is 11.3 Å². The van der Waals surface area contributed by atoms with Crippen molar-refractivity contribution in [2.75, 3.05) is 18.6 Å². The van der Waals surface area contributed by atoms with Gasteiger partial charge in [0.2, 0.25) is 0 Å². The molecule has 12 heavy (non-hydrogen) atoms. The van der Waals surface area contributed by atoms with Crippen molar-refractivity contribution in [3.8, 4) is 0 Å². The molecule has 1 atom stereocenters. The zero-order chi connectivity index (χ0) is 9.61. The Morgan fingerprint density at radius 3 is 2.33 bits per heavy atom. The fourth-order valence-electron chi connectivity index (χ4n) is 1.25. The lowest BCUT2D eigenvalue weighted by molar-refractivity contribution is 0.208. The predicted molar refractivity (Wildman–Crippen MR) is 59.6 cm³/mol. The summed E-state index contributed by atoms with van der Waals surface area (Å²) in [5.74, 6) is 1.96. The van der Waals surface area contributed by atoms with Crippen molar-refractivity contribution < 1.29 is 0 Å². The van der Waals surface area contributed by atoms with Gasteiger partial charge in [0.1, 0.15) is 0 Å². The van der Waals surface area contributed by atoms with Crippen LogP contribution < -0.4 is 5.73 Å². The van der Waals surface area contributed by atoms with E-state index in [0.717, 1.165) is 6.54 Å². The monoisotopic (exact) mass is 189 g/mol. The molecule has 0 spiro atoms. The fraction of sp³-hybridized carbons (Fsp3) is 1.00. The van der Waals surface area contributed by atoms with E-state index in [-0.39, 0.29) is 0 Å². The Morgan fingerprint density at radius 2 is 2.00 bits per heavy atom. The van der Waals surface area contributed by atoms with Crippen molar-refractivity contribution in [3.63, 3.8) is 0 Å². The molecule has 74 valence electrons. The standard InChI is InChI=1S/C10H23NS/c1-9(2)10(3,8-11)6-5-7-12-4/h9H,5-8,11H2,1-4H3. The van der Waals surface area contributed by atoms with Crippen molar-refractivity contribution >= 4 is 11.8 Å². The van der Waals surface area contributed by atoms with Gasteiger partial charge in [0, 0.05) is 0 Å². The summed E-state index contributed by atoms with van der Waals surface area (Å²) < 4.78 is 0. The molecule has 0 saturated heterocycles. The van der Waals surface area contributed by atoms with E-state index >= 15 is 0 Å². The molecule has 2 heteroatoms. The topological polar surface area (TPSA) is 26.0 Å². The highest BCUT2D eigenvalue weighted by molar-refractivity contribution is 7.98. The van der Waals surface area contributed by atoms with E-state index in [4.69, 9.17) is 5.73 Å². The maximum absolute atomic E-state index is 5.78. The van der Waals surface area contributed by atoms with Gasteiger partial charge in [-0.15, -0.1) is 0 Å². The summed E-state index contributed by atoms with van der Waals surface area (Å²) in [6.45, 7) is 7.66. The normalized spacial score (nSPS) is 16.5. The molecule has 0 fully saturated rings. The van der Waals surface area contributed by atoms with Crippen molar-refractivity contribution in [3.05, 3.63) is 0 Å². The summed E-state index contributed by atoms with van der Waals surface area (Å²) in [6, 6.07) is 0. The molecule has 0 radical (unpaired) electrons. The first-order chi connectivity index (χ1) is 5.56. The first-order valence-electron chi connectivity index (χ1n) is 4.76. The van der Waals surface area contributed by atoms with Crippen LogP contribution >= 0.6 is 11.8 Å². The van der Waals surface area contributed by atoms with Crippen LogP contribution in [0.15, 0.2) is 0 Å². The molecule has 2 N–H and O–H groups in total. The molecule has 0 aromatic rings. The highest BCUT2D eigenvalue weighted by Gasteiger charge is 2.25. The first-order valence-corrected chi connectivity index (χ1v) is 6.15. The van der Waals surface area contributed by atoms with Gasteiger partial charge in [0.25, 0.3) is 0 Å². The van der Waals surface area contributed by atoms with E-state index in [1.165, 1.54) is 18.6 Å². The average Bonchev–Trinajstić information content (AvgIpc) is 2.04. The Kier molecular flexibility index (Phi) is 6.02. The van der Waals surface area contributed by atoms with Crippen molar-refractivity contribution in [2.24, 2.45) is 17.1 Å². The largest absolute Gasteiger partial charge is 0.330 e. The van der Waals surface area contributed by atoms with Crippen LogP contribution in [0.4, 0.5) is 0 Å².